The highest BCUT2D eigenvalue weighted by molar-refractivity contribution is 5.83. The third kappa shape index (κ3) is 4.92. The number of aromatic nitrogens is 1. The van der Waals surface area contributed by atoms with Gasteiger partial charge in [-0.3, -0.25) is 9.78 Å². The zero-order valence-corrected chi connectivity index (χ0v) is 18.3. The molecule has 1 aliphatic heterocycles. The Bertz CT molecular complexity index is 821. The van der Waals surface area contributed by atoms with Crippen LogP contribution in [0.15, 0.2) is 48.8 Å². The Morgan fingerprint density at radius 3 is 2.57 bits per heavy atom. The highest BCUT2D eigenvalue weighted by atomic mass is 16.2. The minimum Gasteiger partial charge on any atom is -0.359 e. The van der Waals surface area contributed by atoms with Crippen molar-refractivity contribution in [2.24, 2.45) is 11.3 Å². The van der Waals surface area contributed by atoms with Gasteiger partial charge in [-0.2, -0.15) is 0 Å². The predicted octanol–water partition coefficient (Wildman–Crippen LogP) is 4.70. The summed E-state index contributed by atoms with van der Waals surface area (Å²) in [6.07, 6.45) is 13.4. The number of pyridine rings is 1. The molecule has 0 radical (unpaired) electrons. The fourth-order valence-electron chi connectivity index (χ4n) is 5.43. The molecule has 0 unspecified atom stereocenters. The van der Waals surface area contributed by atoms with Crippen LogP contribution in [0, 0.1) is 11.3 Å². The second-order valence-corrected chi connectivity index (χ2v) is 9.28. The van der Waals surface area contributed by atoms with Crippen molar-refractivity contribution in [2.45, 2.75) is 51.4 Å². The molecule has 4 nitrogen and oxygen atoms in total. The number of carbonyl (C=O) groups is 1. The molecule has 2 heterocycles. The normalized spacial score (nSPS) is 20.0. The molecule has 2 aliphatic rings. The molecule has 30 heavy (non-hydrogen) atoms. The van der Waals surface area contributed by atoms with Crippen LogP contribution in [-0.2, 0) is 11.2 Å². The summed E-state index contributed by atoms with van der Waals surface area (Å²) >= 11 is 0. The Morgan fingerprint density at radius 1 is 1.10 bits per heavy atom. The lowest BCUT2D eigenvalue weighted by molar-refractivity contribution is -0.133. The summed E-state index contributed by atoms with van der Waals surface area (Å²) in [5.74, 6) is 1.06. The third-order valence-corrected chi connectivity index (χ3v) is 7.23. The van der Waals surface area contributed by atoms with E-state index in [1.807, 2.05) is 12.3 Å². The molecule has 0 spiro atoms. The summed E-state index contributed by atoms with van der Waals surface area (Å²) in [4.78, 5) is 19.9. The first-order valence-electron chi connectivity index (χ1n) is 11.6. The number of nitrogens with one attached hydrogen (secondary N) is 1. The molecule has 0 atom stereocenters. The van der Waals surface area contributed by atoms with Gasteiger partial charge in [0.1, 0.15) is 0 Å². The average molecular weight is 406 g/mol. The fraction of sp³-hybridized carbons (Fsp3) is 0.538. The number of likely N-dealkylation sites (tertiary alicyclic amines) is 1. The summed E-state index contributed by atoms with van der Waals surface area (Å²) in [6.45, 7) is 3.29. The Hall–Kier alpha value is -2.20. The van der Waals surface area contributed by atoms with Crippen molar-refractivity contribution in [3.63, 3.8) is 0 Å². The first-order valence-corrected chi connectivity index (χ1v) is 11.6. The van der Waals surface area contributed by atoms with Crippen LogP contribution in [0.25, 0.3) is 11.1 Å². The van der Waals surface area contributed by atoms with Gasteiger partial charge in [-0.05, 0) is 73.9 Å². The SMILES string of the molecule is CNC(=O)C1(Cc2cccc(-c3cccnc3)c2)CCN(CC2CCCCC2)CC1. The molecule has 160 valence electrons. The first-order chi connectivity index (χ1) is 14.7. The second-order valence-electron chi connectivity index (χ2n) is 9.28. The summed E-state index contributed by atoms with van der Waals surface area (Å²) < 4.78 is 0. The van der Waals surface area contributed by atoms with E-state index in [9.17, 15) is 4.79 Å². The van der Waals surface area contributed by atoms with E-state index in [-0.39, 0.29) is 11.3 Å². The number of piperidine rings is 1. The number of rotatable bonds is 6. The van der Waals surface area contributed by atoms with Gasteiger partial charge in [-0.15, -0.1) is 0 Å². The van der Waals surface area contributed by atoms with Gasteiger partial charge in [0, 0.05) is 26.0 Å². The average Bonchev–Trinajstić information content (AvgIpc) is 2.81. The molecule has 0 bridgehead atoms. The lowest BCUT2D eigenvalue weighted by Crippen LogP contribution is -2.50. The van der Waals surface area contributed by atoms with Gasteiger partial charge >= 0.3 is 0 Å². The van der Waals surface area contributed by atoms with Crippen LogP contribution in [0.2, 0.25) is 0 Å². The van der Waals surface area contributed by atoms with Crippen molar-refractivity contribution in [2.75, 3.05) is 26.7 Å². The summed E-state index contributed by atoms with van der Waals surface area (Å²) in [6, 6.07) is 12.7. The van der Waals surface area contributed by atoms with Gasteiger partial charge in [0.2, 0.25) is 5.91 Å². The molecule has 4 heteroatoms. The lowest BCUT2D eigenvalue weighted by atomic mass is 9.72. The molecular formula is C26H35N3O. The van der Waals surface area contributed by atoms with Gasteiger partial charge in [-0.25, -0.2) is 0 Å². The molecule has 2 aromatic rings. The molecule has 4 rings (SSSR count). The van der Waals surface area contributed by atoms with Crippen molar-refractivity contribution in [1.82, 2.24) is 15.2 Å². The van der Waals surface area contributed by atoms with Crippen molar-refractivity contribution in [1.29, 1.82) is 0 Å². The second kappa shape index (κ2) is 9.74. The van der Waals surface area contributed by atoms with E-state index in [0.29, 0.717) is 0 Å². The molecule has 1 N–H and O–H groups in total. The Morgan fingerprint density at radius 2 is 1.87 bits per heavy atom. The van der Waals surface area contributed by atoms with Gasteiger partial charge in [0.15, 0.2) is 0 Å². The zero-order chi connectivity index (χ0) is 20.8. The Labute approximate surface area is 181 Å². The minimum absolute atomic E-state index is 0.201. The summed E-state index contributed by atoms with van der Waals surface area (Å²) in [5, 5.41) is 2.97. The van der Waals surface area contributed by atoms with Gasteiger partial charge < -0.3 is 10.2 Å². The topological polar surface area (TPSA) is 45.2 Å². The maximum Gasteiger partial charge on any atom is 0.226 e. The van der Waals surface area contributed by atoms with E-state index in [1.165, 1.54) is 49.8 Å². The molecule has 1 saturated carbocycles. The van der Waals surface area contributed by atoms with Crippen LogP contribution >= 0.6 is 0 Å². The fourth-order valence-corrected chi connectivity index (χ4v) is 5.43. The molecule has 1 aliphatic carbocycles. The van der Waals surface area contributed by atoms with Gasteiger partial charge in [-0.1, -0.05) is 49.6 Å². The number of benzene rings is 1. The summed E-state index contributed by atoms with van der Waals surface area (Å²) in [5.41, 5.74) is 3.23. The first kappa shape index (κ1) is 21.0. The van der Waals surface area contributed by atoms with Gasteiger partial charge in [0.25, 0.3) is 0 Å². The maximum atomic E-state index is 13.0. The highest BCUT2D eigenvalue weighted by Crippen LogP contribution is 2.37. The van der Waals surface area contributed by atoms with E-state index in [2.05, 4.69) is 45.5 Å². The zero-order valence-electron chi connectivity index (χ0n) is 18.3. The van der Waals surface area contributed by atoms with Crippen molar-refractivity contribution >= 4 is 5.91 Å². The Balaban J connectivity index is 1.45. The highest BCUT2D eigenvalue weighted by Gasteiger charge is 2.41. The van der Waals surface area contributed by atoms with Crippen LogP contribution < -0.4 is 5.32 Å². The lowest BCUT2D eigenvalue weighted by Gasteiger charge is -2.42. The number of carbonyl (C=O) groups excluding carboxylic acids is 1. The molecular weight excluding hydrogens is 370 g/mol. The number of hydrogen-bond donors (Lipinski definition) is 1. The van der Waals surface area contributed by atoms with E-state index < -0.39 is 0 Å². The molecule has 1 saturated heterocycles. The van der Waals surface area contributed by atoms with Crippen LogP contribution in [0.1, 0.15) is 50.5 Å². The van der Waals surface area contributed by atoms with Crippen LogP contribution in [0.4, 0.5) is 0 Å². The third-order valence-electron chi connectivity index (χ3n) is 7.23. The van der Waals surface area contributed by atoms with Crippen LogP contribution in [0.5, 0.6) is 0 Å². The monoisotopic (exact) mass is 405 g/mol. The molecule has 1 amide bonds. The maximum absolute atomic E-state index is 13.0. The minimum atomic E-state index is -0.300. The largest absolute Gasteiger partial charge is 0.359 e. The Kier molecular flexibility index (Phi) is 6.83. The van der Waals surface area contributed by atoms with E-state index >= 15 is 0 Å². The number of hydrogen-bond acceptors (Lipinski definition) is 3. The van der Waals surface area contributed by atoms with Gasteiger partial charge in [0.05, 0.1) is 5.41 Å². The molecule has 1 aromatic carbocycles. The molecule has 2 fully saturated rings. The van der Waals surface area contributed by atoms with Crippen molar-refractivity contribution in [3.8, 4) is 11.1 Å². The van der Waals surface area contributed by atoms with Crippen LogP contribution in [0.3, 0.4) is 0 Å². The van der Waals surface area contributed by atoms with E-state index in [0.717, 1.165) is 43.8 Å². The van der Waals surface area contributed by atoms with Crippen molar-refractivity contribution in [3.05, 3.63) is 54.4 Å². The van der Waals surface area contributed by atoms with Crippen molar-refractivity contribution < 1.29 is 4.79 Å². The van der Waals surface area contributed by atoms with E-state index in [4.69, 9.17) is 0 Å². The van der Waals surface area contributed by atoms with Crippen LogP contribution in [-0.4, -0.2) is 42.5 Å². The quantitative estimate of drug-likeness (QED) is 0.758. The van der Waals surface area contributed by atoms with E-state index in [1.54, 1.807) is 13.2 Å². The molecule has 1 aromatic heterocycles. The summed E-state index contributed by atoms with van der Waals surface area (Å²) in [7, 11) is 1.78. The number of amides is 1. The smallest absolute Gasteiger partial charge is 0.226 e. The standard InChI is InChI=1S/C26H35N3O/c1-27-25(30)26(12-15-29(16-13-26)20-21-7-3-2-4-8-21)18-22-9-5-10-23(17-22)24-11-6-14-28-19-24/h5-6,9-11,14,17,19,21H,2-4,7-8,12-13,15-16,18,20H2,1H3,(H,27,30). The number of nitrogens with zero attached hydrogens (tertiary/aromatic N) is 2. The predicted molar refractivity (Wildman–Crippen MR) is 122 cm³/mol.